The van der Waals surface area contributed by atoms with Gasteiger partial charge in [-0.1, -0.05) is 0 Å². The summed E-state index contributed by atoms with van der Waals surface area (Å²) in [5.41, 5.74) is 5.54. The van der Waals surface area contributed by atoms with Crippen molar-refractivity contribution in [1.29, 1.82) is 0 Å². The van der Waals surface area contributed by atoms with E-state index in [1.807, 2.05) is 13.8 Å². The summed E-state index contributed by atoms with van der Waals surface area (Å²) in [7, 11) is -3.17. The Bertz CT molecular complexity index is 240. The third-order valence-electron chi connectivity index (χ3n) is 1.86. The van der Waals surface area contributed by atoms with E-state index < -0.39 is 10.0 Å². The maximum absolute atomic E-state index is 11.3. The lowest BCUT2D eigenvalue weighted by molar-refractivity contribution is 0.163. The third kappa shape index (κ3) is 10.1. The van der Waals surface area contributed by atoms with Gasteiger partial charge in [-0.05, 0) is 26.7 Å². The van der Waals surface area contributed by atoms with E-state index in [1.54, 1.807) is 0 Å². The quantitative estimate of drug-likeness (QED) is 0.557. The van der Waals surface area contributed by atoms with Gasteiger partial charge in [0.25, 0.3) is 0 Å². The number of sulfonamides is 1. The molecule has 0 bridgehead atoms. The average molecular weight is 238 g/mol. The number of nitrogens with two attached hydrogens (primary N) is 1. The van der Waals surface area contributed by atoms with E-state index in [0.717, 1.165) is 12.8 Å². The van der Waals surface area contributed by atoms with E-state index in [2.05, 4.69) is 4.72 Å². The second-order valence-electron chi connectivity index (χ2n) is 3.53. The van der Waals surface area contributed by atoms with Gasteiger partial charge in [0.05, 0.1) is 12.4 Å². The molecule has 15 heavy (non-hydrogen) atoms. The number of ether oxygens (including phenoxy) is 1. The first kappa shape index (κ1) is 14.8. The molecule has 0 aliphatic carbocycles. The third-order valence-corrected chi connectivity index (χ3v) is 3.21. The molecule has 0 saturated heterocycles. The van der Waals surface area contributed by atoms with Crippen molar-refractivity contribution in [2.45, 2.75) is 32.7 Å². The van der Waals surface area contributed by atoms with Crippen LogP contribution in [-0.4, -0.2) is 40.0 Å². The molecular formula is C9H22N2O3S. The molecule has 3 N–H and O–H groups in total. The molecule has 0 spiro atoms. The molecule has 1 unspecified atom stereocenters. The van der Waals surface area contributed by atoms with Crippen molar-refractivity contribution < 1.29 is 13.2 Å². The van der Waals surface area contributed by atoms with E-state index in [4.69, 9.17) is 10.5 Å². The Labute approximate surface area is 92.4 Å². The largest absolute Gasteiger partial charge is 0.381 e. The SMILES string of the molecule is CCOCCS(=O)(=O)NCCCC(C)N. The topological polar surface area (TPSA) is 81.4 Å². The molecule has 0 heterocycles. The predicted octanol–water partition coefficient (Wildman–Crippen LogP) is 0.0697. The van der Waals surface area contributed by atoms with Gasteiger partial charge in [0.15, 0.2) is 0 Å². The predicted molar refractivity (Wildman–Crippen MR) is 61.2 cm³/mol. The molecule has 0 amide bonds. The molecule has 1 atom stereocenters. The first-order valence-electron chi connectivity index (χ1n) is 5.28. The molecule has 5 nitrogen and oxygen atoms in total. The molecule has 0 aliphatic heterocycles. The van der Waals surface area contributed by atoms with Gasteiger partial charge in [-0.25, -0.2) is 13.1 Å². The van der Waals surface area contributed by atoms with Crippen LogP contribution in [0.3, 0.4) is 0 Å². The summed E-state index contributed by atoms with van der Waals surface area (Å²) in [6.07, 6.45) is 1.60. The van der Waals surface area contributed by atoms with Crippen molar-refractivity contribution in [3.63, 3.8) is 0 Å². The van der Waals surface area contributed by atoms with E-state index in [-0.39, 0.29) is 18.4 Å². The molecule has 0 aromatic carbocycles. The van der Waals surface area contributed by atoms with Gasteiger partial charge in [-0.15, -0.1) is 0 Å². The van der Waals surface area contributed by atoms with E-state index in [9.17, 15) is 8.42 Å². The molecule has 92 valence electrons. The summed E-state index contributed by atoms with van der Waals surface area (Å²) in [5.74, 6) is 0.0268. The van der Waals surface area contributed by atoms with Crippen molar-refractivity contribution in [2.24, 2.45) is 5.73 Å². The molecule has 6 heteroatoms. The van der Waals surface area contributed by atoms with Crippen LogP contribution in [-0.2, 0) is 14.8 Å². The van der Waals surface area contributed by atoms with Gasteiger partial charge < -0.3 is 10.5 Å². The summed E-state index contributed by atoms with van der Waals surface area (Å²) in [5, 5.41) is 0. The minimum atomic E-state index is -3.17. The summed E-state index contributed by atoms with van der Waals surface area (Å²) in [4.78, 5) is 0. The maximum atomic E-state index is 11.3. The highest BCUT2D eigenvalue weighted by Gasteiger charge is 2.08. The summed E-state index contributed by atoms with van der Waals surface area (Å²) < 4.78 is 30.1. The zero-order valence-corrected chi connectivity index (χ0v) is 10.3. The Kier molecular flexibility index (Phi) is 7.95. The van der Waals surface area contributed by atoms with E-state index in [1.165, 1.54) is 0 Å². The fourth-order valence-electron chi connectivity index (χ4n) is 1.04. The van der Waals surface area contributed by atoms with E-state index >= 15 is 0 Å². The standard InChI is InChI=1S/C9H22N2O3S/c1-3-14-7-8-15(12,13)11-6-4-5-9(2)10/h9,11H,3-8,10H2,1-2H3. The van der Waals surface area contributed by atoms with Gasteiger partial charge in [0.2, 0.25) is 10.0 Å². The minimum absolute atomic E-state index is 0.0268. The highest BCUT2D eigenvalue weighted by Crippen LogP contribution is 1.93. The number of hydrogen-bond acceptors (Lipinski definition) is 4. The second kappa shape index (κ2) is 8.04. The lowest BCUT2D eigenvalue weighted by Gasteiger charge is -2.07. The van der Waals surface area contributed by atoms with Crippen molar-refractivity contribution in [2.75, 3.05) is 25.5 Å². The minimum Gasteiger partial charge on any atom is -0.381 e. The fourth-order valence-corrected chi connectivity index (χ4v) is 1.97. The van der Waals surface area contributed by atoms with Crippen LogP contribution in [0, 0.1) is 0 Å². The fraction of sp³-hybridized carbons (Fsp3) is 1.00. The van der Waals surface area contributed by atoms with Crippen LogP contribution in [0.15, 0.2) is 0 Å². The molecule has 0 rings (SSSR count). The Hall–Kier alpha value is -0.170. The zero-order chi connectivity index (χ0) is 11.7. The average Bonchev–Trinajstić information content (AvgIpc) is 2.13. The highest BCUT2D eigenvalue weighted by atomic mass is 32.2. The van der Waals surface area contributed by atoms with Crippen molar-refractivity contribution in [3.05, 3.63) is 0 Å². The molecule has 0 fully saturated rings. The first-order chi connectivity index (χ1) is 6.98. The zero-order valence-electron chi connectivity index (χ0n) is 9.53. The van der Waals surface area contributed by atoms with Gasteiger partial charge in [0, 0.05) is 19.2 Å². The van der Waals surface area contributed by atoms with Crippen molar-refractivity contribution in [1.82, 2.24) is 4.72 Å². The number of rotatable bonds is 9. The highest BCUT2D eigenvalue weighted by molar-refractivity contribution is 7.89. The van der Waals surface area contributed by atoms with Crippen LogP contribution >= 0.6 is 0 Å². The molecule has 0 aliphatic rings. The summed E-state index contributed by atoms with van der Waals surface area (Å²) in [6, 6.07) is 0.123. The van der Waals surface area contributed by atoms with Crippen LogP contribution in [0.4, 0.5) is 0 Å². The number of nitrogens with one attached hydrogen (secondary N) is 1. The van der Waals surface area contributed by atoms with Gasteiger partial charge in [-0.3, -0.25) is 0 Å². The second-order valence-corrected chi connectivity index (χ2v) is 5.46. The monoisotopic (exact) mass is 238 g/mol. The first-order valence-corrected chi connectivity index (χ1v) is 6.94. The number of hydrogen-bond donors (Lipinski definition) is 2. The van der Waals surface area contributed by atoms with E-state index in [0.29, 0.717) is 13.2 Å². The lowest BCUT2D eigenvalue weighted by atomic mass is 10.2. The molecular weight excluding hydrogens is 216 g/mol. The molecule has 0 radical (unpaired) electrons. The Morgan fingerprint density at radius 2 is 2.13 bits per heavy atom. The van der Waals surface area contributed by atoms with Gasteiger partial charge in [0.1, 0.15) is 0 Å². The van der Waals surface area contributed by atoms with Gasteiger partial charge in [-0.2, -0.15) is 0 Å². The van der Waals surface area contributed by atoms with Crippen LogP contribution in [0.2, 0.25) is 0 Å². The van der Waals surface area contributed by atoms with Crippen LogP contribution in [0.5, 0.6) is 0 Å². The Morgan fingerprint density at radius 3 is 2.67 bits per heavy atom. The van der Waals surface area contributed by atoms with Crippen LogP contribution in [0.1, 0.15) is 26.7 Å². The normalized spacial score (nSPS) is 14.1. The Morgan fingerprint density at radius 1 is 1.47 bits per heavy atom. The van der Waals surface area contributed by atoms with Crippen LogP contribution < -0.4 is 10.5 Å². The molecule has 0 aromatic heterocycles. The summed E-state index contributed by atoms with van der Waals surface area (Å²) in [6.45, 7) is 4.99. The van der Waals surface area contributed by atoms with Crippen molar-refractivity contribution in [3.8, 4) is 0 Å². The van der Waals surface area contributed by atoms with Gasteiger partial charge >= 0.3 is 0 Å². The lowest BCUT2D eigenvalue weighted by Crippen LogP contribution is -2.30. The van der Waals surface area contributed by atoms with Crippen molar-refractivity contribution >= 4 is 10.0 Å². The smallest absolute Gasteiger partial charge is 0.213 e. The van der Waals surface area contributed by atoms with Crippen LogP contribution in [0.25, 0.3) is 0 Å². The molecule has 0 saturated carbocycles. The summed E-state index contributed by atoms with van der Waals surface area (Å²) >= 11 is 0. The maximum Gasteiger partial charge on any atom is 0.213 e. The molecule has 0 aromatic rings. The Balaban J connectivity index is 3.56.